The average Bonchev–Trinajstić information content (AvgIpc) is 2.41. The van der Waals surface area contributed by atoms with Gasteiger partial charge in [-0.15, -0.1) is 11.3 Å². The fourth-order valence-corrected chi connectivity index (χ4v) is 2.29. The number of carbonyl (C=O) groups excluding carboxylic acids is 1. The van der Waals surface area contributed by atoms with Gasteiger partial charge in [-0.25, -0.2) is 0 Å². The van der Waals surface area contributed by atoms with Crippen LogP contribution in [0.15, 0.2) is 6.07 Å². The van der Waals surface area contributed by atoms with Crippen molar-refractivity contribution in [1.29, 1.82) is 0 Å². The molecule has 0 bridgehead atoms. The maximum Gasteiger partial charge on any atom is 0.253 e. The Hall–Kier alpha value is -0.290. The molecule has 14 heavy (non-hydrogen) atoms. The first-order valence-corrected chi connectivity index (χ1v) is 5.49. The fraction of sp³-hybridized carbons (Fsp3) is 0.375. The minimum absolute atomic E-state index is 0.197. The van der Waals surface area contributed by atoms with E-state index in [1.165, 1.54) is 6.07 Å². The third-order valence-corrected chi connectivity index (χ3v) is 2.95. The molecule has 0 aliphatic carbocycles. The van der Waals surface area contributed by atoms with Crippen LogP contribution in [0.25, 0.3) is 0 Å². The highest BCUT2D eigenvalue weighted by Crippen LogP contribution is 2.30. The van der Waals surface area contributed by atoms with Crippen molar-refractivity contribution >= 4 is 40.4 Å². The minimum atomic E-state index is -0.577. The van der Waals surface area contributed by atoms with Crippen LogP contribution in [0.5, 0.6) is 0 Å². The molecule has 0 radical (unpaired) electrons. The molecule has 1 aromatic rings. The zero-order valence-corrected chi connectivity index (χ0v) is 9.71. The summed E-state index contributed by atoms with van der Waals surface area (Å²) in [6.45, 7) is 1.78. The van der Waals surface area contributed by atoms with E-state index >= 15 is 0 Å². The lowest BCUT2D eigenvalue weighted by Gasteiger charge is -2.05. The summed E-state index contributed by atoms with van der Waals surface area (Å²) in [7, 11) is 0. The molecule has 1 aromatic heterocycles. The first-order chi connectivity index (χ1) is 6.50. The van der Waals surface area contributed by atoms with Crippen LogP contribution in [-0.2, 0) is 0 Å². The van der Waals surface area contributed by atoms with Gasteiger partial charge in [0.2, 0.25) is 0 Å². The van der Waals surface area contributed by atoms with Crippen LogP contribution in [0, 0.1) is 0 Å². The van der Waals surface area contributed by atoms with Crippen LogP contribution < -0.4 is 5.32 Å². The third-order valence-electron chi connectivity index (χ3n) is 1.46. The van der Waals surface area contributed by atoms with Gasteiger partial charge in [0.05, 0.1) is 16.0 Å². The van der Waals surface area contributed by atoms with Gasteiger partial charge in [-0.05, 0) is 13.0 Å². The van der Waals surface area contributed by atoms with Crippen molar-refractivity contribution in [2.45, 2.75) is 13.0 Å². The van der Waals surface area contributed by atoms with Crippen LogP contribution in [0.1, 0.15) is 17.3 Å². The van der Waals surface area contributed by atoms with E-state index in [0.29, 0.717) is 14.2 Å². The molecule has 0 saturated carbocycles. The Morgan fingerprint density at radius 3 is 2.79 bits per heavy atom. The van der Waals surface area contributed by atoms with Gasteiger partial charge in [-0.1, -0.05) is 23.2 Å². The maximum atomic E-state index is 11.4. The Labute approximate surface area is 95.6 Å². The van der Waals surface area contributed by atoms with Crippen molar-refractivity contribution < 1.29 is 9.90 Å². The van der Waals surface area contributed by atoms with Gasteiger partial charge >= 0.3 is 0 Å². The van der Waals surface area contributed by atoms with E-state index in [2.05, 4.69) is 5.32 Å². The van der Waals surface area contributed by atoms with Crippen molar-refractivity contribution in [3.8, 4) is 0 Å². The lowest BCUT2D eigenvalue weighted by atomic mass is 10.3. The summed E-state index contributed by atoms with van der Waals surface area (Å²) in [5, 5.41) is 11.5. The van der Waals surface area contributed by atoms with Gasteiger partial charge in [0.25, 0.3) is 5.91 Å². The predicted octanol–water partition coefficient (Wildman–Crippen LogP) is 2.17. The number of hydrogen-bond donors (Lipinski definition) is 2. The molecule has 0 aliphatic heterocycles. The smallest absolute Gasteiger partial charge is 0.253 e. The molecule has 1 amide bonds. The van der Waals surface area contributed by atoms with E-state index in [1.807, 2.05) is 0 Å². The lowest BCUT2D eigenvalue weighted by Crippen LogP contribution is -2.30. The molecule has 1 atom stereocenters. The Bertz CT molecular complexity index is 338. The normalized spacial score (nSPS) is 12.6. The van der Waals surface area contributed by atoms with E-state index in [4.69, 9.17) is 28.3 Å². The Morgan fingerprint density at radius 2 is 2.36 bits per heavy atom. The molecule has 3 nitrogen and oxygen atoms in total. The average molecular weight is 254 g/mol. The zero-order valence-electron chi connectivity index (χ0n) is 7.38. The second-order valence-electron chi connectivity index (χ2n) is 2.80. The molecule has 0 fully saturated rings. The first-order valence-electron chi connectivity index (χ1n) is 3.92. The van der Waals surface area contributed by atoms with Gasteiger partial charge in [0.1, 0.15) is 4.34 Å². The van der Waals surface area contributed by atoms with Crippen molar-refractivity contribution in [3.05, 3.63) is 20.3 Å². The maximum absolute atomic E-state index is 11.4. The number of carbonyl (C=O) groups is 1. The van der Waals surface area contributed by atoms with Crippen LogP contribution in [0.4, 0.5) is 0 Å². The number of amides is 1. The Balaban J connectivity index is 2.65. The molecule has 2 N–H and O–H groups in total. The lowest BCUT2D eigenvalue weighted by molar-refractivity contribution is 0.0924. The van der Waals surface area contributed by atoms with Gasteiger partial charge in [-0.2, -0.15) is 0 Å². The molecule has 0 saturated heterocycles. The fourth-order valence-electron chi connectivity index (χ4n) is 0.831. The monoisotopic (exact) mass is 253 g/mol. The van der Waals surface area contributed by atoms with Crippen molar-refractivity contribution in [2.24, 2.45) is 0 Å². The molecular weight excluding hydrogens is 245 g/mol. The molecule has 0 spiro atoms. The van der Waals surface area contributed by atoms with Crippen LogP contribution in [-0.4, -0.2) is 23.7 Å². The SMILES string of the molecule is CC(O)CNC(=O)c1cc(Cl)sc1Cl. The number of aliphatic hydroxyl groups excluding tert-OH is 1. The topological polar surface area (TPSA) is 49.3 Å². The first kappa shape index (κ1) is 11.8. The summed E-state index contributed by atoms with van der Waals surface area (Å²) in [5.41, 5.74) is 0.349. The van der Waals surface area contributed by atoms with Crippen LogP contribution >= 0.6 is 34.5 Å². The van der Waals surface area contributed by atoms with E-state index in [0.717, 1.165) is 11.3 Å². The van der Waals surface area contributed by atoms with Gasteiger partial charge < -0.3 is 10.4 Å². The molecule has 78 valence electrons. The highest BCUT2D eigenvalue weighted by atomic mass is 35.5. The molecule has 0 aromatic carbocycles. The number of thiophene rings is 1. The van der Waals surface area contributed by atoms with Crippen LogP contribution in [0.3, 0.4) is 0 Å². The summed E-state index contributed by atoms with van der Waals surface area (Å²) in [5.74, 6) is -0.320. The Morgan fingerprint density at radius 1 is 1.71 bits per heavy atom. The molecule has 1 rings (SSSR count). The van der Waals surface area contributed by atoms with E-state index in [-0.39, 0.29) is 12.5 Å². The van der Waals surface area contributed by atoms with Crippen molar-refractivity contribution in [2.75, 3.05) is 6.54 Å². The van der Waals surface area contributed by atoms with Gasteiger partial charge in [0.15, 0.2) is 0 Å². The van der Waals surface area contributed by atoms with E-state index < -0.39 is 6.10 Å². The molecule has 6 heteroatoms. The van der Waals surface area contributed by atoms with Crippen molar-refractivity contribution in [1.82, 2.24) is 5.32 Å². The second kappa shape index (κ2) is 4.98. The number of aliphatic hydroxyl groups is 1. The van der Waals surface area contributed by atoms with Crippen molar-refractivity contribution in [3.63, 3.8) is 0 Å². The van der Waals surface area contributed by atoms with Gasteiger partial charge in [0, 0.05) is 6.54 Å². The number of nitrogens with one attached hydrogen (secondary N) is 1. The second-order valence-corrected chi connectivity index (χ2v) is 5.08. The Kier molecular flexibility index (Phi) is 4.19. The highest BCUT2D eigenvalue weighted by Gasteiger charge is 2.13. The predicted molar refractivity (Wildman–Crippen MR) is 58.4 cm³/mol. The number of halogens is 2. The molecule has 1 heterocycles. The summed E-state index contributed by atoms with van der Waals surface area (Å²) in [4.78, 5) is 11.4. The number of hydrogen-bond acceptors (Lipinski definition) is 3. The standard InChI is InChI=1S/C8H9Cl2NO2S/c1-4(12)3-11-8(13)5-2-6(9)14-7(5)10/h2,4,12H,3H2,1H3,(H,11,13). The molecule has 0 aliphatic rings. The zero-order chi connectivity index (χ0) is 10.7. The summed E-state index contributed by atoms with van der Waals surface area (Å²) in [6, 6.07) is 1.51. The third kappa shape index (κ3) is 3.13. The largest absolute Gasteiger partial charge is 0.392 e. The molecule has 1 unspecified atom stereocenters. The molecular formula is C8H9Cl2NO2S. The highest BCUT2D eigenvalue weighted by molar-refractivity contribution is 7.20. The number of rotatable bonds is 3. The van der Waals surface area contributed by atoms with Crippen LogP contribution in [0.2, 0.25) is 8.67 Å². The van der Waals surface area contributed by atoms with Gasteiger partial charge in [-0.3, -0.25) is 4.79 Å². The van der Waals surface area contributed by atoms with E-state index in [1.54, 1.807) is 6.92 Å². The minimum Gasteiger partial charge on any atom is -0.392 e. The van der Waals surface area contributed by atoms with E-state index in [9.17, 15) is 4.79 Å². The summed E-state index contributed by atoms with van der Waals surface area (Å²) < 4.78 is 0.829. The summed E-state index contributed by atoms with van der Waals surface area (Å²) >= 11 is 12.6. The summed E-state index contributed by atoms with van der Waals surface area (Å²) in [6.07, 6.45) is -0.577. The quantitative estimate of drug-likeness (QED) is 0.868.